The summed E-state index contributed by atoms with van der Waals surface area (Å²) >= 11 is 7.90. The number of thiazole rings is 1. The van der Waals surface area contributed by atoms with Gasteiger partial charge in [0.05, 0.1) is 20.6 Å². The minimum atomic E-state index is -0.890. The van der Waals surface area contributed by atoms with Crippen molar-refractivity contribution in [3.05, 3.63) is 63.1 Å². The van der Waals surface area contributed by atoms with Gasteiger partial charge in [-0.25, -0.2) is 4.98 Å². The number of carboxylic acids is 1. The highest BCUT2D eigenvalue weighted by Crippen LogP contribution is 2.39. The van der Waals surface area contributed by atoms with Crippen LogP contribution in [0.2, 0.25) is 5.02 Å². The number of aryl methyl sites for hydroxylation is 1. The van der Waals surface area contributed by atoms with Gasteiger partial charge in [-0.1, -0.05) is 17.7 Å². The zero-order valence-corrected chi connectivity index (χ0v) is 17.3. The Balaban J connectivity index is 2.13. The van der Waals surface area contributed by atoms with Gasteiger partial charge in [0, 0.05) is 27.6 Å². The highest BCUT2D eigenvalue weighted by Gasteiger charge is 2.22. The lowest BCUT2D eigenvalue weighted by Crippen LogP contribution is -2.08. The monoisotopic (exact) mass is 417 g/mol. The lowest BCUT2D eigenvalue weighted by Gasteiger charge is -2.16. The number of hydrogen-bond donors (Lipinski definition) is 1. The second-order valence-corrected chi connectivity index (χ2v) is 8.00. The predicted molar refractivity (Wildman–Crippen MR) is 111 cm³/mol. The molecule has 0 aliphatic carbocycles. The van der Waals surface area contributed by atoms with Crippen LogP contribution in [-0.4, -0.2) is 30.3 Å². The molecule has 1 atom stereocenters. The van der Waals surface area contributed by atoms with Crippen molar-refractivity contribution in [1.29, 1.82) is 0 Å². The summed E-state index contributed by atoms with van der Waals surface area (Å²) in [4.78, 5) is 16.9. The molecular formula is C21H20ClNO4S. The van der Waals surface area contributed by atoms with E-state index in [0.717, 1.165) is 26.6 Å². The Hall–Kier alpha value is -2.57. The Morgan fingerprint density at radius 1 is 1.21 bits per heavy atom. The largest absolute Gasteiger partial charge is 0.497 e. The molecule has 0 spiro atoms. The van der Waals surface area contributed by atoms with Crippen molar-refractivity contribution in [1.82, 2.24) is 4.98 Å². The molecule has 2 aromatic carbocycles. The number of nitrogens with zero attached hydrogens (tertiary/aromatic N) is 1. The van der Waals surface area contributed by atoms with Crippen LogP contribution in [0.3, 0.4) is 0 Å². The average molecular weight is 418 g/mol. The normalized spacial score (nSPS) is 11.9. The SMILES string of the molecule is COc1ccc(OC)c(-c2cc(Cl)cc(C(CC(=O)O)c3ncc(C)s3)c2)c1. The molecule has 0 saturated heterocycles. The molecule has 0 aliphatic rings. The fraction of sp³-hybridized carbons (Fsp3) is 0.238. The average Bonchev–Trinajstić information content (AvgIpc) is 3.10. The maximum absolute atomic E-state index is 11.5. The first-order chi connectivity index (χ1) is 13.4. The summed E-state index contributed by atoms with van der Waals surface area (Å²) in [7, 11) is 3.20. The van der Waals surface area contributed by atoms with Crippen molar-refractivity contribution in [3.63, 3.8) is 0 Å². The van der Waals surface area contributed by atoms with E-state index in [1.807, 2.05) is 37.3 Å². The zero-order chi connectivity index (χ0) is 20.3. The second kappa shape index (κ2) is 8.63. The van der Waals surface area contributed by atoms with Gasteiger partial charge in [-0.3, -0.25) is 4.79 Å². The van der Waals surface area contributed by atoms with Crippen LogP contribution in [0.25, 0.3) is 11.1 Å². The van der Waals surface area contributed by atoms with Crippen LogP contribution in [0.4, 0.5) is 0 Å². The van der Waals surface area contributed by atoms with E-state index in [-0.39, 0.29) is 12.3 Å². The van der Waals surface area contributed by atoms with Crippen molar-refractivity contribution < 1.29 is 19.4 Å². The number of carboxylic acid groups (broad SMARTS) is 1. The summed E-state index contributed by atoms with van der Waals surface area (Å²) in [5.74, 6) is 0.0902. The van der Waals surface area contributed by atoms with Crippen LogP contribution >= 0.6 is 22.9 Å². The van der Waals surface area contributed by atoms with E-state index in [1.54, 1.807) is 26.5 Å². The minimum absolute atomic E-state index is 0.0675. The second-order valence-electron chi connectivity index (χ2n) is 6.30. The third kappa shape index (κ3) is 4.46. The third-order valence-electron chi connectivity index (χ3n) is 4.36. The first-order valence-corrected chi connectivity index (χ1v) is 9.77. The first-order valence-electron chi connectivity index (χ1n) is 8.58. The van der Waals surface area contributed by atoms with Crippen LogP contribution < -0.4 is 9.47 Å². The number of aromatic nitrogens is 1. The number of rotatable bonds is 7. The van der Waals surface area contributed by atoms with Crippen LogP contribution in [0.15, 0.2) is 42.6 Å². The summed E-state index contributed by atoms with van der Waals surface area (Å²) < 4.78 is 10.8. The summed E-state index contributed by atoms with van der Waals surface area (Å²) in [5.41, 5.74) is 2.43. The smallest absolute Gasteiger partial charge is 0.304 e. The Morgan fingerprint density at radius 2 is 2.00 bits per heavy atom. The fourth-order valence-corrected chi connectivity index (χ4v) is 4.21. The lowest BCUT2D eigenvalue weighted by molar-refractivity contribution is -0.137. The molecule has 0 aliphatic heterocycles. The van der Waals surface area contributed by atoms with Gasteiger partial charge in [0.15, 0.2) is 0 Å². The van der Waals surface area contributed by atoms with Gasteiger partial charge < -0.3 is 14.6 Å². The topological polar surface area (TPSA) is 68.7 Å². The van der Waals surface area contributed by atoms with Crippen LogP contribution in [0.1, 0.15) is 27.8 Å². The van der Waals surface area contributed by atoms with Crippen molar-refractivity contribution in [2.75, 3.05) is 14.2 Å². The van der Waals surface area contributed by atoms with Crippen molar-refractivity contribution in [2.24, 2.45) is 0 Å². The molecule has 146 valence electrons. The Kier molecular flexibility index (Phi) is 6.21. The van der Waals surface area contributed by atoms with E-state index in [0.29, 0.717) is 16.5 Å². The van der Waals surface area contributed by atoms with Crippen molar-refractivity contribution in [2.45, 2.75) is 19.3 Å². The van der Waals surface area contributed by atoms with E-state index >= 15 is 0 Å². The minimum Gasteiger partial charge on any atom is -0.497 e. The van der Waals surface area contributed by atoms with Crippen LogP contribution in [0, 0.1) is 6.92 Å². The molecule has 1 heterocycles. The van der Waals surface area contributed by atoms with Gasteiger partial charge in [0.2, 0.25) is 0 Å². The summed E-state index contributed by atoms with van der Waals surface area (Å²) in [5, 5.41) is 10.7. The van der Waals surface area contributed by atoms with Crippen LogP contribution in [-0.2, 0) is 4.79 Å². The molecule has 1 N–H and O–H groups in total. The number of methoxy groups -OCH3 is 2. The van der Waals surface area contributed by atoms with Gasteiger partial charge in [-0.05, 0) is 48.4 Å². The van der Waals surface area contributed by atoms with E-state index in [9.17, 15) is 9.90 Å². The number of aliphatic carboxylic acids is 1. The molecule has 28 heavy (non-hydrogen) atoms. The number of halogens is 1. The van der Waals surface area contributed by atoms with E-state index in [4.69, 9.17) is 21.1 Å². The van der Waals surface area contributed by atoms with Gasteiger partial charge in [-0.2, -0.15) is 0 Å². The van der Waals surface area contributed by atoms with E-state index < -0.39 is 5.97 Å². The molecule has 1 aromatic heterocycles. The maximum atomic E-state index is 11.5. The molecule has 0 bridgehead atoms. The number of carbonyl (C=O) groups is 1. The molecule has 0 saturated carbocycles. The molecule has 3 rings (SSSR count). The van der Waals surface area contributed by atoms with E-state index in [1.165, 1.54) is 11.3 Å². The lowest BCUT2D eigenvalue weighted by atomic mass is 9.92. The van der Waals surface area contributed by atoms with Crippen molar-refractivity contribution in [3.8, 4) is 22.6 Å². The predicted octanol–water partition coefficient (Wildman–Crippen LogP) is 5.40. The van der Waals surface area contributed by atoms with E-state index in [2.05, 4.69) is 4.98 Å². The summed E-state index contributed by atoms with van der Waals surface area (Å²) in [6, 6.07) is 11.1. The molecular weight excluding hydrogens is 398 g/mol. The molecule has 3 aromatic rings. The van der Waals surface area contributed by atoms with Crippen LogP contribution in [0.5, 0.6) is 11.5 Å². The number of hydrogen-bond acceptors (Lipinski definition) is 5. The standard InChI is InChI=1S/C21H20ClNO4S/c1-12-11-23-21(28-12)18(10-20(24)25)14-6-13(7-15(22)8-14)17-9-16(26-2)4-5-19(17)27-3/h4-9,11,18H,10H2,1-3H3,(H,24,25). The highest BCUT2D eigenvalue weighted by molar-refractivity contribution is 7.11. The quantitative estimate of drug-likeness (QED) is 0.557. The zero-order valence-electron chi connectivity index (χ0n) is 15.7. The van der Waals surface area contributed by atoms with Gasteiger partial charge in [0.1, 0.15) is 16.5 Å². The Bertz CT molecular complexity index is 1000. The Morgan fingerprint density at radius 3 is 2.61 bits per heavy atom. The molecule has 0 radical (unpaired) electrons. The summed E-state index contributed by atoms with van der Waals surface area (Å²) in [6.45, 7) is 1.95. The fourth-order valence-electron chi connectivity index (χ4n) is 3.06. The first kappa shape index (κ1) is 20.2. The Labute approximate surface area is 172 Å². The molecule has 1 unspecified atom stereocenters. The molecule has 0 amide bonds. The number of benzene rings is 2. The molecule has 7 heteroatoms. The summed E-state index contributed by atoms with van der Waals surface area (Å²) in [6.07, 6.45) is 1.69. The molecule has 5 nitrogen and oxygen atoms in total. The van der Waals surface area contributed by atoms with Gasteiger partial charge in [0.25, 0.3) is 0 Å². The maximum Gasteiger partial charge on any atom is 0.304 e. The van der Waals surface area contributed by atoms with Gasteiger partial charge >= 0.3 is 5.97 Å². The highest BCUT2D eigenvalue weighted by atomic mass is 35.5. The third-order valence-corrected chi connectivity index (χ3v) is 5.60. The molecule has 0 fully saturated rings. The van der Waals surface area contributed by atoms with Crippen molar-refractivity contribution >= 4 is 28.9 Å². The number of ether oxygens (including phenoxy) is 2. The van der Waals surface area contributed by atoms with Gasteiger partial charge in [-0.15, -0.1) is 11.3 Å².